The van der Waals surface area contributed by atoms with Gasteiger partial charge in [-0.3, -0.25) is 0 Å². The van der Waals surface area contributed by atoms with Crippen LogP contribution < -0.4 is 9.47 Å². The fraction of sp³-hybridized carbons (Fsp3) is 0.375. The van der Waals surface area contributed by atoms with E-state index in [9.17, 15) is 8.42 Å². The zero-order valence-corrected chi connectivity index (χ0v) is 14.1. The molecule has 1 unspecified atom stereocenters. The maximum atomic E-state index is 12.7. The molecule has 0 bridgehead atoms. The van der Waals surface area contributed by atoms with Crippen LogP contribution in [-0.2, 0) is 10.0 Å². The smallest absolute Gasteiger partial charge is 0.243 e. The van der Waals surface area contributed by atoms with Crippen molar-refractivity contribution in [3.05, 3.63) is 42.5 Å². The van der Waals surface area contributed by atoms with Gasteiger partial charge >= 0.3 is 0 Å². The van der Waals surface area contributed by atoms with Gasteiger partial charge in [-0.2, -0.15) is 4.31 Å². The van der Waals surface area contributed by atoms with E-state index in [-0.39, 0.29) is 6.10 Å². The molecule has 0 aliphatic carbocycles. The number of benzene rings is 1. The molecule has 1 aromatic carbocycles. The maximum Gasteiger partial charge on any atom is 0.243 e. The Balaban J connectivity index is 1.70. The second kappa shape index (κ2) is 7.14. The summed E-state index contributed by atoms with van der Waals surface area (Å²) in [6, 6.07) is 11.8. The third-order valence-electron chi connectivity index (χ3n) is 3.83. The second-order valence-corrected chi connectivity index (χ2v) is 7.41. The van der Waals surface area contributed by atoms with Crippen molar-refractivity contribution in [3.8, 4) is 11.8 Å². The topological polar surface area (TPSA) is 81.6 Å². The quantitative estimate of drug-likeness (QED) is 0.817. The van der Waals surface area contributed by atoms with E-state index in [4.69, 9.17) is 9.47 Å². The number of rotatable bonds is 5. The van der Waals surface area contributed by atoms with Crippen LogP contribution in [-0.4, -0.2) is 49.2 Å². The lowest BCUT2D eigenvalue weighted by molar-refractivity contribution is 0.123. The van der Waals surface area contributed by atoms with Gasteiger partial charge in [0.1, 0.15) is 6.10 Å². The average molecular weight is 349 g/mol. The van der Waals surface area contributed by atoms with Crippen molar-refractivity contribution in [1.82, 2.24) is 14.5 Å². The molecule has 0 amide bonds. The summed E-state index contributed by atoms with van der Waals surface area (Å²) in [6.45, 7) is 0.788. The molecule has 1 fully saturated rings. The molecule has 128 valence electrons. The highest BCUT2D eigenvalue weighted by Crippen LogP contribution is 2.23. The van der Waals surface area contributed by atoms with Gasteiger partial charge in [-0.25, -0.2) is 8.42 Å². The minimum atomic E-state index is -3.50. The van der Waals surface area contributed by atoms with Gasteiger partial charge in [0, 0.05) is 18.7 Å². The molecule has 3 rings (SSSR count). The number of methoxy groups -OCH3 is 1. The molecule has 1 aromatic heterocycles. The molecule has 7 nitrogen and oxygen atoms in total. The first kappa shape index (κ1) is 16.7. The first-order chi connectivity index (χ1) is 11.6. The van der Waals surface area contributed by atoms with Gasteiger partial charge in [-0.15, -0.1) is 10.2 Å². The van der Waals surface area contributed by atoms with E-state index >= 15 is 0 Å². The van der Waals surface area contributed by atoms with Crippen molar-refractivity contribution in [2.24, 2.45) is 0 Å². The molecule has 0 spiro atoms. The van der Waals surface area contributed by atoms with E-state index in [2.05, 4.69) is 10.2 Å². The Kier molecular flexibility index (Phi) is 4.96. The number of hydrogen-bond donors (Lipinski definition) is 0. The van der Waals surface area contributed by atoms with Crippen LogP contribution in [0.25, 0.3) is 0 Å². The van der Waals surface area contributed by atoms with E-state index in [1.165, 1.54) is 11.4 Å². The Morgan fingerprint density at radius 3 is 2.46 bits per heavy atom. The standard InChI is InChI=1S/C16H19N3O4S/c1-22-15-9-10-16(18-17-15)23-13-6-5-11-19(12-13)24(20,21)14-7-3-2-4-8-14/h2-4,7-10,13H,5-6,11-12H2,1H3. The van der Waals surface area contributed by atoms with Crippen LogP contribution in [0.2, 0.25) is 0 Å². The lowest BCUT2D eigenvalue weighted by Crippen LogP contribution is -2.44. The molecule has 8 heteroatoms. The Hall–Kier alpha value is -2.19. The Labute approximate surface area is 141 Å². The Bertz CT molecular complexity index is 766. The van der Waals surface area contributed by atoms with Gasteiger partial charge < -0.3 is 9.47 Å². The van der Waals surface area contributed by atoms with Crippen LogP contribution in [0.5, 0.6) is 11.8 Å². The highest BCUT2D eigenvalue weighted by atomic mass is 32.2. The lowest BCUT2D eigenvalue weighted by Gasteiger charge is -2.31. The Morgan fingerprint density at radius 2 is 1.79 bits per heavy atom. The largest absolute Gasteiger partial charge is 0.480 e. The molecule has 1 aliphatic heterocycles. The summed E-state index contributed by atoms with van der Waals surface area (Å²) in [4.78, 5) is 0.301. The molecule has 24 heavy (non-hydrogen) atoms. The van der Waals surface area contributed by atoms with Crippen molar-refractivity contribution in [2.75, 3.05) is 20.2 Å². The van der Waals surface area contributed by atoms with E-state index in [0.717, 1.165) is 12.8 Å². The van der Waals surface area contributed by atoms with E-state index in [1.807, 2.05) is 0 Å². The zero-order valence-electron chi connectivity index (χ0n) is 13.3. The van der Waals surface area contributed by atoms with Gasteiger partial charge in [0.25, 0.3) is 0 Å². The molecular formula is C16H19N3O4S. The third-order valence-corrected chi connectivity index (χ3v) is 5.71. The van der Waals surface area contributed by atoms with Gasteiger partial charge in [-0.1, -0.05) is 18.2 Å². The van der Waals surface area contributed by atoms with Gasteiger partial charge in [-0.05, 0) is 25.0 Å². The van der Waals surface area contributed by atoms with Crippen molar-refractivity contribution < 1.29 is 17.9 Å². The number of ether oxygens (including phenoxy) is 2. The van der Waals surface area contributed by atoms with Crippen LogP contribution in [0.1, 0.15) is 12.8 Å². The number of nitrogens with zero attached hydrogens (tertiary/aromatic N) is 3. The van der Waals surface area contributed by atoms with Gasteiger partial charge in [0.2, 0.25) is 21.8 Å². The molecule has 0 N–H and O–H groups in total. The molecular weight excluding hydrogens is 330 g/mol. The maximum absolute atomic E-state index is 12.7. The predicted molar refractivity (Wildman–Crippen MR) is 87.4 cm³/mol. The van der Waals surface area contributed by atoms with Crippen molar-refractivity contribution in [2.45, 2.75) is 23.8 Å². The van der Waals surface area contributed by atoms with Crippen molar-refractivity contribution in [1.29, 1.82) is 0 Å². The SMILES string of the molecule is COc1ccc(OC2CCCN(S(=O)(=O)c3ccccc3)C2)nn1. The summed E-state index contributed by atoms with van der Waals surface area (Å²) in [7, 11) is -1.99. The summed E-state index contributed by atoms with van der Waals surface area (Å²) < 4.78 is 37.6. The Morgan fingerprint density at radius 1 is 1.08 bits per heavy atom. The van der Waals surface area contributed by atoms with Gasteiger partial charge in [0.05, 0.1) is 18.6 Å². The minimum absolute atomic E-state index is 0.250. The molecule has 2 heterocycles. The monoisotopic (exact) mass is 349 g/mol. The fourth-order valence-corrected chi connectivity index (χ4v) is 4.14. The van der Waals surface area contributed by atoms with Gasteiger partial charge in [0.15, 0.2) is 0 Å². The zero-order chi connectivity index (χ0) is 17.0. The second-order valence-electron chi connectivity index (χ2n) is 5.47. The minimum Gasteiger partial charge on any atom is -0.480 e. The predicted octanol–water partition coefficient (Wildman–Crippen LogP) is 1.72. The lowest BCUT2D eigenvalue weighted by atomic mass is 10.1. The van der Waals surface area contributed by atoms with Crippen LogP contribution in [0.15, 0.2) is 47.4 Å². The normalized spacial score (nSPS) is 19.0. The number of hydrogen-bond acceptors (Lipinski definition) is 6. The van der Waals surface area contributed by atoms with E-state index in [1.54, 1.807) is 42.5 Å². The summed E-state index contributed by atoms with van der Waals surface area (Å²) in [5.41, 5.74) is 0. The number of aromatic nitrogens is 2. The summed E-state index contributed by atoms with van der Waals surface area (Å²) in [6.07, 6.45) is 1.26. The van der Waals surface area contributed by atoms with Crippen LogP contribution in [0, 0.1) is 0 Å². The molecule has 1 atom stereocenters. The average Bonchev–Trinajstić information content (AvgIpc) is 2.63. The van der Waals surface area contributed by atoms with E-state index in [0.29, 0.717) is 29.7 Å². The molecule has 1 aliphatic rings. The molecule has 2 aromatic rings. The molecule has 0 radical (unpaired) electrons. The highest BCUT2D eigenvalue weighted by Gasteiger charge is 2.31. The number of sulfonamides is 1. The summed E-state index contributed by atoms with van der Waals surface area (Å²) in [5, 5.41) is 7.77. The first-order valence-corrected chi connectivity index (χ1v) is 9.13. The van der Waals surface area contributed by atoms with Crippen molar-refractivity contribution >= 4 is 10.0 Å². The number of piperidine rings is 1. The first-order valence-electron chi connectivity index (χ1n) is 7.69. The van der Waals surface area contributed by atoms with E-state index < -0.39 is 10.0 Å². The van der Waals surface area contributed by atoms with Crippen molar-refractivity contribution in [3.63, 3.8) is 0 Å². The summed E-state index contributed by atoms with van der Waals surface area (Å²) >= 11 is 0. The van der Waals surface area contributed by atoms with Crippen LogP contribution in [0.4, 0.5) is 0 Å². The fourth-order valence-electron chi connectivity index (χ4n) is 2.61. The molecule has 0 saturated carbocycles. The third kappa shape index (κ3) is 3.65. The summed E-state index contributed by atoms with van der Waals surface area (Å²) in [5.74, 6) is 0.763. The van der Waals surface area contributed by atoms with Crippen LogP contribution in [0.3, 0.4) is 0 Å². The highest BCUT2D eigenvalue weighted by molar-refractivity contribution is 7.89. The molecule has 1 saturated heterocycles. The van der Waals surface area contributed by atoms with Crippen LogP contribution >= 0.6 is 0 Å².